The van der Waals surface area contributed by atoms with E-state index in [-0.39, 0.29) is 43.7 Å². The van der Waals surface area contributed by atoms with Gasteiger partial charge in [0.25, 0.3) is 0 Å². The summed E-state index contributed by atoms with van der Waals surface area (Å²) in [4.78, 5) is 44.6. The first-order valence-corrected chi connectivity index (χ1v) is 11.4. The summed E-state index contributed by atoms with van der Waals surface area (Å²) < 4.78 is 10.4. The van der Waals surface area contributed by atoms with E-state index in [4.69, 9.17) is 21.1 Å². The molecule has 0 aliphatic carbocycles. The number of rotatable bonds is 10. The van der Waals surface area contributed by atoms with Crippen LogP contribution in [0.4, 0.5) is 0 Å². The van der Waals surface area contributed by atoms with Crippen molar-refractivity contribution < 1.29 is 23.9 Å². The molecule has 0 unspecified atom stereocenters. The second-order valence-corrected chi connectivity index (χ2v) is 8.79. The molecular weight excluding hydrogens is 434 g/mol. The second-order valence-electron chi connectivity index (χ2n) is 8.38. The maximum Gasteiger partial charge on any atom is 0.241 e. The van der Waals surface area contributed by atoms with Crippen molar-refractivity contribution in [2.24, 2.45) is 0 Å². The van der Waals surface area contributed by atoms with Crippen molar-refractivity contribution in [3.05, 3.63) is 34.9 Å². The molecule has 1 aromatic rings. The zero-order chi connectivity index (χ0) is 23.1. The number of imide groups is 1. The molecule has 2 aliphatic heterocycles. The minimum atomic E-state index is -1.29. The summed E-state index contributed by atoms with van der Waals surface area (Å²) in [6.45, 7) is 5.15. The topological polar surface area (TPSA) is 79.4 Å². The van der Waals surface area contributed by atoms with Crippen molar-refractivity contribution in [1.29, 1.82) is 0 Å². The second kappa shape index (κ2) is 11.2. The van der Waals surface area contributed by atoms with Gasteiger partial charge in [-0.05, 0) is 18.1 Å². The van der Waals surface area contributed by atoms with Crippen LogP contribution in [0.1, 0.15) is 24.8 Å². The van der Waals surface area contributed by atoms with Crippen molar-refractivity contribution in [3.63, 3.8) is 0 Å². The Kier molecular flexibility index (Phi) is 8.64. The summed E-state index contributed by atoms with van der Waals surface area (Å²) in [5.41, 5.74) is -0.770. The predicted molar refractivity (Wildman–Crippen MR) is 120 cm³/mol. The quantitative estimate of drug-likeness (QED) is 0.488. The lowest BCUT2D eigenvalue weighted by Gasteiger charge is -2.30. The maximum absolute atomic E-state index is 13.5. The number of carbonyl (C=O) groups is 3. The number of amides is 3. The normalized spacial score (nSPS) is 21.9. The largest absolute Gasteiger partial charge is 0.383 e. The van der Waals surface area contributed by atoms with E-state index < -0.39 is 5.41 Å². The molecule has 1 atom stereocenters. The van der Waals surface area contributed by atoms with Crippen molar-refractivity contribution in [2.75, 3.05) is 66.7 Å². The van der Waals surface area contributed by atoms with E-state index in [0.29, 0.717) is 17.1 Å². The van der Waals surface area contributed by atoms with Crippen LogP contribution in [0.2, 0.25) is 5.02 Å². The Bertz CT molecular complexity index is 830. The Hall–Kier alpha value is -2.00. The first-order chi connectivity index (χ1) is 15.4. The van der Waals surface area contributed by atoms with E-state index in [2.05, 4.69) is 4.90 Å². The maximum atomic E-state index is 13.5. The Labute approximate surface area is 194 Å². The van der Waals surface area contributed by atoms with Gasteiger partial charge in [-0.2, -0.15) is 0 Å². The number of ether oxygens (including phenoxy) is 2. The van der Waals surface area contributed by atoms with Crippen LogP contribution in [0.15, 0.2) is 24.3 Å². The molecule has 0 radical (unpaired) electrons. The molecule has 3 rings (SSSR count). The van der Waals surface area contributed by atoms with Gasteiger partial charge in [-0.3, -0.25) is 24.2 Å². The lowest BCUT2D eigenvalue weighted by molar-refractivity contribution is -0.143. The third kappa shape index (κ3) is 5.49. The number of morpholine rings is 1. The van der Waals surface area contributed by atoms with Crippen molar-refractivity contribution in [1.82, 2.24) is 14.7 Å². The van der Waals surface area contributed by atoms with Crippen LogP contribution >= 0.6 is 11.6 Å². The fourth-order valence-corrected chi connectivity index (χ4v) is 4.69. The summed E-state index contributed by atoms with van der Waals surface area (Å²) in [5, 5.41) is 0.380. The summed E-state index contributed by atoms with van der Waals surface area (Å²) in [6.07, 6.45) is 0.652. The van der Waals surface area contributed by atoms with E-state index in [9.17, 15) is 14.4 Å². The van der Waals surface area contributed by atoms with Crippen LogP contribution in [0, 0.1) is 0 Å². The Morgan fingerprint density at radius 3 is 2.62 bits per heavy atom. The van der Waals surface area contributed by atoms with Gasteiger partial charge in [0.15, 0.2) is 0 Å². The fraction of sp³-hybridized carbons (Fsp3) is 0.609. The van der Waals surface area contributed by atoms with Gasteiger partial charge in [-0.1, -0.05) is 29.8 Å². The average Bonchev–Trinajstić information content (AvgIpc) is 3.02. The van der Waals surface area contributed by atoms with Crippen LogP contribution < -0.4 is 0 Å². The molecule has 0 aromatic heterocycles. The van der Waals surface area contributed by atoms with E-state index in [1.165, 1.54) is 12.0 Å². The lowest BCUT2D eigenvalue weighted by atomic mass is 9.75. The van der Waals surface area contributed by atoms with Crippen LogP contribution in [0.25, 0.3) is 0 Å². The molecule has 0 saturated carbocycles. The zero-order valence-electron chi connectivity index (χ0n) is 18.8. The highest BCUT2D eigenvalue weighted by atomic mass is 35.5. The molecule has 2 aliphatic rings. The van der Waals surface area contributed by atoms with Gasteiger partial charge in [0.1, 0.15) is 0 Å². The molecule has 176 valence electrons. The van der Waals surface area contributed by atoms with Crippen molar-refractivity contribution in [2.45, 2.75) is 24.7 Å². The summed E-state index contributed by atoms with van der Waals surface area (Å²) >= 11 is 6.44. The standard InChI is InChI=1S/C23H32ClN3O5/c1-25(8-5-9-26-10-14-32-15-11-26)20(28)16-23(18-6-3-4-7-19(18)24)17-21(29)27(22(23)30)12-13-31-2/h3-4,6-7H,5,8-17H2,1-2H3/t23-/m1/s1. The highest BCUT2D eigenvalue weighted by Gasteiger charge is 2.54. The summed E-state index contributed by atoms with van der Waals surface area (Å²) in [7, 11) is 3.26. The fourth-order valence-electron chi connectivity index (χ4n) is 4.38. The number of likely N-dealkylation sites (tertiary alicyclic amines) is 1. The lowest BCUT2D eigenvalue weighted by Crippen LogP contribution is -2.44. The van der Waals surface area contributed by atoms with Crippen LogP contribution in [-0.2, 0) is 29.3 Å². The molecule has 1 aromatic carbocycles. The Balaban J connectivity index is 1.73. The van der Waals surface area contributed by atoms with E-state index in [0.717, 1.165) is 39.3 Å². The van der Waals surface area contributed by atoms with E-state index in [1.807, 2.05) is 0 Å². The third-order valence-electron chi connectivity index (χ3n) is 6.27. The van der Waals surface area contributed by atoms with Crippen LogP contribution in [0.3, 0.4) is 0 Å². The number of halogens is 1. The van der Waals surface area contributed by atoms with Gasteiger partial charge in [-0.25, -0.2) is 0 Å². The van der Waals surface area contributed by atoms with Gasteiger partial charge in [0, 0.05) is 58.2 Å². The van der Waals surface area contributed by atoms with Gasteiger partial charge in [-0.15, -0.1) is 0 Å². The minimum absolute atomic E-state index is 0.0767. The van der Waals surface area contributed by atoms with Gasteiger partial charge >= 0.3 is 0 Å². The smallest absolute Gasteiger partial charge is 0.241 e. The summed E-state index contributed by atoms with van der Waals surface area (Å²) in [6, 6.07) is 6.96. The molecule has 0 N–H and O–H groups in total. The molecule has 2 fully saturated rings. The zero-order valence-corrected chi connectivity index (χ0v) is 19.6. The monoisotopic (exact) mass is 465 g/mol. The van der Waals surface area contributed by atoms with Crippen molar-refractivity contribution >= 4 is 29.3 Å². The van der Waals surface area contributed by atoms with Crippen LogP contribution in [-0.4, -0.2) is 99.1 Å². The molecular formula is C23H32ClN3O5. The number of methoxy groups -OCH3 is 1. The van der Waals surface area contributed by atoms with E-state index in [1.54, 1.807) is 36.2 Å². The third-order valence-corrected chi connectivity index (χ3v) is 6.60. The van der Waals surface area contributed by atoms with Gasteiger partial charge < -0.3 is 14.4 Å². The number of nitrogens with zero attached hydrogens (tertiary/aromatic N) is 3. The average molecular weight is 466 g/mol. The highest BCUT2D eigenvalue weighted by Crippen LogP contribution is 2.43. The van der Waals surface area contributed by atoms with E-state index >= 15 is 0 Å². The number of carbonyl (C=O) groups excluding carboxylic acids is 3. The van der Waals surface area contributed by atoms with Gasteiger partial charge in [0.2, 0.25) is 17.7 Å². The molecule has 8 nitrogen and oxygen atoms in total. The summed E-state index contributed by atoms with van der Waals surface area (Å²) in [5.74, 6) is -0.876. The predicted octanol–water partition coefficient (Wildman–Crippen LogP) is 1.55. The molecule has 2 saturated heterocycles. The molecule has 32 heavy (non-hydrogen) atoms. The Morgan fingerprint density at radius 1 is 1.22 bits per heavy atom. The first-order valence-electron chi connectivity index (χ1n) is 11.0. The highest BCUT2D eigenvalue weighted by molar-refractivity contribution is 6.32. The van der Waals surface area contributed by atoms with Crippen LogP contribution in [0.5, 0.6) is 0 Å². The minimum Gasteiger partial charge on any atom is -0.383 e. The molecule has 9 heteroatoms. The molecule has 0 spiro atoms. The first kappa shape index (κ1) is 24.6. The Morgan fingerprint density at radius 2 is 1.94 bits per heavy atom. The molecule has 2 heterocycles. The molecule has 3 amide bonds. The number of hydrogen-bond acceptors (Lipinski definition) is 6. The van der Waals surface area contributed by atoms with Gasteiger partial charge in [0.05, 0.1) is 31.8 Å². The molecule has 0 bridgehead atoms. The number of hydrogen-bond donors (Lipinski definition) is 0. The van der Waals surface area contributed by atoms with Crippen molar-refractivity contribution in [3.8, 4) is 0 Å². The SMILES string of the molecule is COCCN1C(=O)C[C@](CC(=O)N(C)CCCN2CCOCC2)(c2ccccc2Cl)C1=O. The number of benzene rings is 1.